The number of halogens is 1. The van der Waals surface area contributed by atoms with Crippen LogP contribution in [0.3, 0.4) is 0 Å². The van der Waals surface area contributed by atoms with Crippen LogP contribution in [0, 0.1) is 17.0 Å². The van der Waals surface area contributed by atoms with E-state index in [1.807, 2.05) is 0 Å². The first-order chi connectivity index (χ1) is 9.04. The van der Waals surface area contributed by atoms with E-state index < -0.39 is 4.92 Å². The zero-order valence-corrected chi connectivity index (χ0v) is 11.6. The molecular weight excluding hydrogens is 268 g/mol. The number of nitrogens with one attached hydrogen (secondary N) is 1. The third-order valence-corrected chi connectivity index (χ3v) is 2.90. The van der Waals surface area contributed by atoms with Crippen LogP contribution in [0.4, 0.5) is 5.69 Å². The second-order valence-corrected chi connectivity index (χ2v) is 4.70. The average Bonchev–Trinajstić information content (AvgIpc) is 2.37. The molecule has 1 rings (SSSR count). The molecule has 0 saturated heterocycles. The third kappa shape index (κ3) is 5.26. The van der Waals surface area contributed by atoms with E-state index in [4.69, 9.17) is 11.6 Å². The molecule has 0 heterocycles. The summed E-state index contributed by atoms with van der Waals surface area (Å²) in [6.07, 6.45) is 2.73. The molecule has 1 amide bonds. The molecule has 0 spiro atoms. The highest BCUT2D eigenvalue weighted by Gasteiger charge is 2.12. The van der Waals surface area contributed by atoms with E-state index >= 15 is 0 Å². The summed E-state index contributed by atoms with van der Waals surface area (Å²) in [5, 5.41) is 13.5. The van der Waals surface area contributed by atoms with E-state index in [1.54, 1.807) is 13.0 Å². The minimum Gasteiger partial charge on any atom is -0.352 e. The van der Waals surface area contributed by atoms with Crippen molar-refractivity contribution in [2.45, 2.75) is 26.2 Å². The molecule has 1 aromatic rings. The number of nitro benzene ring substituents is 1. The zero-order chi connectivity index (χ0) is 14.3. The molecule has 0 fully saturated rings. The predicted molar refractivity (Wildman–Crippen MR) is 74.7 cm³/mol. The standard InChI is InChI=1S/C13H17ClN2O3/c1-10-7-11(9-12(8-10)16(18)19)13(17)15-6-4-2-3-5-14/h7-9H,2-6H2,1H3,(H,15,17). The molecule has 0 saturated carbocycles. The highest BCUT2D eigenvalue weighted by molar-refractivity contribution is 6.17. The molecule has 0 atom stereocenters. The number of carbonyl (C=O) groups is 1. The maximum absolute atomic E-state index is 11.8. The normalized spacial score (nSPS) is 10.2. The Bertz CT molecular complexity index is 463. The van der Waals surface area contributed by atoms with Gasteiger partial charge in [0.25, 0.3) is 11.6 Å². The highest BCUT2D eigenvalue weighted by atomic mass is 35.5. The summed E-state index contributed by atoms with van der Waals surface area (Å²) in [5.41, 5.74) is 0.956. The number of aryl methyl sites for hydroxylation is 1. The number of hydrogen-bond donors (Lipinski definition) is 1. The van der Waals surface area contributed by atoms with Crippen LogP contribution in [-0.2, 0) is 0 Å². The molecule has 0 unspecified atom stereocenters. The van der Waals surface area contributed by atoms with Crippen LogP contribution < -0.4 is 5.32 Å². The minimum absolute atomic E-state index is 0.0627. The van der Waals surface area contributed by atoms with Crippen LogP contribution in [0.1, 0.15) is 35.2 Å². The summed E-state index contributed by atoms with van der Waals surface area (Å²) < 4.78 is 0. The molecule has 0 aliphatic heterocycles. The quantitative estimate of drug-likeness (QED) is 0.362. The second kappa shape index (κ2) is 7.74. The van der Waals surface area contributed by atoms with Crippen molar-refractivity contribution in [3.8, 4) is 0 Å². The lowest BCUT2D eigenvalue weighted by Gasteiger charge is -2.05. The number of amides is 1. The molecule has 0 radical (unpaired) electrons. The molecule has 1 N–H and O–H groups in total. The fourth-order valence-electron chi connectivity index (χ4n) is 1.70. The van der Waals surface area contributed by atoms with Gasteiger partial charge in [0.15, 0.2) is 0 Å². The van der Waals surface area contributed by atoms with Gasteiger partial charge in [0.2, 0.25) is 0 Å². The molecule has 0 aliphatic carbocycles. The van der Waals surface area contributed by atoms with Crippen LogP contribution in [0.25, 0.3) is 0 Å². The fraction of sp³-hybridized carbons (Fsp3) is 0.462. The van der Waals surface area contributed by atoms with E-state index in [0.29, 0.717) is 23.6 Å². The van der Waals surface area contributed by atoms with E-state index in [-0.39, 0.29) is 11.6 Å². The van der Waals surface area contributed by atoms with Gasteiger partial charge >= 0.3 is 0 Å². The van der Waals surface area contributed by atoms with Crippen LogP contribution >= 0.6 is 11.6 Å². The van der Waals surface area contributed by atoms with Crippen LogP contribution in [0.2, 0.25) is 0 Å². The van der Waals surface area contributed by atoms with Crippen LogP contribution in [-0.4, -0.2) is 23.3 Å². The fourth-order valence-corrected chi connectivity index (χ4v) is 1.89. The number of nitrogens with zero attached hydrogens (tertiary/aromatic N) is 1. The van der Waals surface area contributed by atoms with Gasteiger partial charge in [-0.15, -0.1) is 11.6 Å². The molecular formula is C13H17ClN2O3. The van der Waals surface area contributed by atoms with Gasteiger partial charge in [-0.1, -0.05) is 6.42 Å². The Labute approximate surface area is 117 Å². The van der Waals surface area contributed by atoms with E-state index in [2.05, 4.69) is 5.32 Å². The van der Waals surface area contributed by atoms with Crippen molar-refractivity contribution in [2.24, 2.45) is 0 Å². The molecule has 5 nitrogen and oxygen atoms in total. The monoisotopic (exact) mass is 284 g/mol. The first-order valence-electron chi connectivity index (χ1n) is 6.15. The second-order valence-electron chi connectivity index (χ2n) is 4.32. The van der Waals surface area contributed by atoms with E-state index in [9.17, 15) is 14.9 Å². The van der Waals surface area contributed by atoms with E-state index in [0.717, 1.165) is 19.3 Å². The third-order valence-electron chi connectivity index (χ3n) is 2.63. The van der Waals surface area contributed by atoms with Gasteiger partial charge in [0.05, 0.1) is 4.92 Å². The Morgan fingerprint density at radius 3 is 2.68 bits per heavy atom. The van der Waals surface area contributed by atoms with Gasteiger partial charge in [-0.2, -0.15) is 0 Å². The summed E-state index contributed by atoms with van der Waals surface area (Å²) in [4.78, 5) is 22.1. The molecule has 0 aromatic heterocycles. The predicted octanol–water partition coefficient (Wildman–Crippen LogP) is 3.04. The summed E-state index contributed by atoms with van der Waals surface area (Å²) in [6.45, 7) is 2.28. The Morgan fingerprint density at radius 2 is 2.05 bits per heavy atom. The highest BCUT2D eigenvalue weighted by Crippen LogP contribution is 2.16. The maximum atomic E-state index is 11.8. The Morgan fingerprint density at radius 1 is 1.32 bits per heavy atom. The molecule has 104 valence electrons. The lowest BCUT2D eigenvalue weighted by atomic mass is 10.1. The molecule has 1 aromatic carbocycles. The van der Waals surface area contributed by atoms with Crippen molar-refractivity contribution < 1.29 is 9.72 Å². The van der Waals surface area contributed by atoms with E-state index in [1.165, 1.54) is 12.1 Å². The number of alkyl halides is 1. The van der Waals surface area contributed by atoms with Crippen molar-refractivity contribution in [1.82, 2.24) is 5.32 Å². The molecule has 0 aliphatic rings. The van der Waals surface area contributed by atoms with Crippen LogP contribution in [0.15, 0.2) is 18.2 Å². The number of non-ortho nitro benzene ring substituents is 1. The van der Waals surface area contributed by atoms with Crippen molar-refractivity contribution in [3.05, 3.63) is 39.4 Å². The largest absolute Gasteiger partial charge is 0.352 e. The first-order valence-corrected chi connectivity index (χ1v) is 6.68. The number of carbonyl (C=O) groups excluding carboxylic acids is 1. The lowest BCUT2D eigenvalue weighted by molar-refractivity contribution is -0.384. The van der Waals surface area contributed by atoms with Gasteiger partial charge in [-0.25, -0.2) is 0 Å². The molecule has 19 heavy (non-hydrogen) atoms. The summed E-state index contributed by atoms with van der Waals surface area (Å²) in [5.74, 6) is 0.343. The van der Waals surface area contributed by atoms with Crippen LogP contribution in [0.5, 0.6) is 0 Å². The van der Waals surface area contributed by atoms with Gasteiger partial charge in [0.1, 0.15) is 0 Å². The Hall–Kier alpha value is -1.62. The number of unbranched alkanes of at least 4 members (excludes halogenated alkanes) is 2. The molecule has 6 heteroatoms. The van der Waals surface area contributed by atoms with Crippen molar-refractivity contribution in [3.63, 3.8) is 0 Å². The van der Waals surface area contributed by atoms with Gasteiger partial charge < -0.3 is 5.32 Å². The average molecular weight is 285 g/mol. The number of hydrogen-bond acceptors (Lipinski definition) is 3. The Balaban J connectivity index is 2.59. The van der Waals surface area contributed by atoms with Gasteiger partial charge in [-0.3, -0.25) is 14.9 Å². The topological polar surface area (TPSA) is 72.2 Å². The number of benzene rings is 1. The maximum Gasteiger partial charge on any atom is 0.270 e. The van der Waals surface area contributed by atoms with Crippen molar-refractivity contribution in [2.75, 3.05) is 12.4 Å². The van der Waals surface area contributed by atoms with Crippen molar-refractivity contribution in [1.29, 1.82) is 0 Å². The zero-order valence-electron chi connectivity index (χ0n) is 10.8. The smallest absolute Gasteiger partial charge is 0.270 e. The lowest BCUT2D eigenvalue weighted by Crippen LogP contribution is -2.24. The Kier molecular flexibility index (Phi) is 6.29. The number of rotatable bonds is 7. The van der Waals surface area contributed by atoms with Crippen molar-refractivity contribution >= 4 is 23.2 Å². The summed E-state index contributed by atoms with van der Waals surface area (Å²) >= 11 is 5.55. The van der Waals surface area contributed by atoms with Gasteiger partial charge in [-0.05, 0) is 31.4 Å². The van der Waals surface area contributed by atoms with Gasteiger partial charge in [0, 0.05) is 30.1 Å². The SMILES string of the molecule is Cc1cc(C(=O)NCCCCCCl)cc([N+](=O)[O-])c1. The first kappa shape index (κ1) is 15.4. The summed E-state index contributed by atoms with van der Waals surface area (Å²) in [6, 6.07) is 4.37. The minimum atomic E-state index is -0.496. The molecule has 0 bridgehead atoms. The summed E-state index contributed by atoms with van der Waals surface area (Å²) in [7, 11) is 0. The number of nitro groups is 1.